The molecule has 110 valence electrons. The fraction of sp³-hybridized carbons (Fsp3) is 0.500. The van der Waals surface area contributed by atoms with Crippen molar-refractivity contribution in [2.45, 2.75) is 44.1 Å². The molecule has 2 fully saturated rings. The molecule has 5 heteroatoms. The Balaban J connectivity index is 1.51. The summed E-state index contributed by atoms with van der Waals surface area (Å²) in [5.74, 6) is 1.42. The number of fused-ring (bicyclic) bond motifs is 1. The van der Waals surface area contributed by atoms with Gasteiger partial charge in [0.05, 0.1) is 0 Å². The van der Waals surface area contributed by atoms with Crippen molar-refractivity contribution in [2.75, 3.05) is 5.32 Å². The minimum atomic E-state index is 0.0371. The van der Waals surface area contributed by atoms with E-state index in [0.29, 0.717) is 5.92 Å². The standard InChI is InChI=1S/C16H19N3O2/c17-11-4-3-10(7-11)15(20)18-12-5-6-14-13(8-12)19-16(21-14)9-1-2-9/h5-6,8-11H,1-4,7,17H2,(H,18,20). The number of carbonyl (C=O) groups excluding carboxylic acids is 1. The third kappa shape index (κ3) is 2.53. The molecular formula is C16H19N3O2. The molecule has 2 atom stereocenters. The van der Waals surface area contributed by atoms with Gasteiger partial charge in [0.2, 0.25) is 5.91 Å². The number of rotatable bonds is 3. The molecule has 0 saturated heterocycles. The summed E-state index contributed by atoms with van der Waals surface area (Å²) in [6.45, 7) is 0. The van der Waals surface area contributed by atoms with Crippen LogP contribution in [-0.2, 0) is 4.79 Å². The van der Waals surface area contributed by atoms with Gasteiger partial charge in [-0.25, -0.2) is 4.98 Å². The summed E-state index contributed by atoms with van der Waals surface area (Å²) < 4.78 is 5.73. The van der Waals surface area contributed by atoms with Crippen LogP contribution in [0.4, 0.5) is 5.69 Å². The van der Waals surface area contributed by atoms with E-state index in [4.69, 9.17) is 10.2 Å². The van der Waals surface area contributed by atoms with Crippen molar-refractivity contribution in [3.8, 4) is 0 Å². The van der Waals surface area contributed by atoms with Gasteiger partial charge in [-0.1, -0.05) is 0 Å². The summed E-state index contributed by atoms with van der Waals surface area (Å²) in [6, 6.07) is 5.80. The second-order valence-electron chi connectivity index (χ2n) is 6.27. The first-order chi connectivity index (χ1) is 10.2. The van der Waals surface area contributed by atoms with E-state index < -0.39 is 0 Å². The Kier molecular flexibility index (Phi) is 2.96. The van der Waals surface area contributed by atoms with Crippen molar-refractivity contribution in [1.82, 2.24) is 4.98 Å². The van der Waals surface area contributed by atoms with Gasteiger partial charge in [0, 0.05) is 23.6 Å². The molecular weight excluding hydrogens is 266 g/mol. The molecule has 1 amide bonds. The van der Waals surface area contributed by atoms with Crippen LogP contribution in [0.25, 0.3) is 11.1 Å². The number of benzene rings is 1. The average molecular weight is 285 g/mol. The van der Waals surface area contributed by atoms with Crippen molar-refractivity contribution in [1.29, 1.82) is 0 Å². The third-order valence-electron chi connectivity index (χ3n) is 4.44. The zero-order valence-electron chi connectivity index (χ0n) is 11.8. The lowest BCUT2D eigenvalue weighted by Crippen LogP contribution is -2.23. The number of nitrogens with zero attached hydrogens (tertiary/aromatic N) is 1. The fourth-order valence-corrected chi connectivity index (χ4v) is 3.03. The van der Waals surface area contributed by atoms with Gasteiger partial charge in [-0.05, 0) is 50.3 Å². The van der Waals surface area contributed by atoms with Crippen molar-refractivity contribution in [3.63, 3.8) is 0 Å². The van der Waals surface area contributed by atoms with Crippen molar-refractivity contribution >= 4 is 22.7 Å². The fourth-order valence-electron chi connectivity index (χ4n) is 3.03. The Morgan fingerprint density at radius 1 is 1.29 bits per heavy atom. The summed E-state index contributed by atoms with van der Waals surface area (Å²) in [6.07, 6.45) is 4.93. The SMILES string of the molecule is NC1CCC(C(=O)Nc2ccc3oc(C4CC4)nc3c2)C1. The predicted octanol–water partition coefficient (Wildman–Crippen LogP) is 2.77. The molecule has 4 rings (SSSR count). The van der Waals surface area contributed by atoms with Crippen molar-refractivity contribution in [2.24, 2.45) is 11.7 Å². The molecule has 1 aromatic carbocycles. The van der Waals surface area contributed by atoms with Gasteiger partial charge < -0.3 is 15.5 Å². The Hall–Kier alpha value is -1.88. The highest BCUT2D eigenvalue weighted by atomic mass is 16.3. The first-order valence-electron chi connectivity index (χ1n) is 7.66. The van der Waals surface area contributed by atoms with E-state index in [1.807, 2.05) is 18.2 Å². The number of hydrogen-bond acceptors (Lipinski definition) is 4. The maximum atomic E-state index is 12.2. The number of carbonyl (C=O) groups is 1. The highest BCUT2D eigenvalue weighted by Crippen LogP contribution is 2.40. The van der Waals surface area contributed by atoms with Crippen LogP contribution < -0.4 is 11.1 Å². The van der Waals surface area contributed by atoms with E-state index in [2.05, 4.69) is 10.3 Å². The molecule has 5 nitrogen and oxygen atoms in total. The molecule has 3 N–H and O–H groups in total. The first-order valence-corrected chi connectivity index (χ1v) is 7.66. The molecule has 2 aromatic rings. The smallest absolute Gasteiger partial charge is 0.227 e. The Labute approximate surface area is 122 Å². The highest BCUT2D eigenvalue weighted by Gasteiger charge is 2.29. The average Bonchev–Trinajstić information content (AvgIpc) is 3.09. The van der Waals surface area contributed by atoms with E-state index in [-0.39, 0.29) is 17.9 Å². The first kappa shape index (κ1) is 12.8. The molecule has 21 heavy (non-hydrogen) atoms. The second-order valence-corrected chi connectivity index (χ2v) is 6.27. The lowest BCUT2D eigenvalue weighted by molar-refractivity contribution is -0.119. The normalized spacial score (nSPS) is 25.4. The number of oxazole rings is 1. The minimum absolute atomic E-state index is 0.0371. The van der Waals surface area contributed by atoms with Crippen LogP contribution in [-0.4, -0.2) is 16.9 Å². The van der Waals surface area contributed by atoms with Crippen LogP contribution in [0.1, 0.15) is 43.9 Å². The third-order valence-corrected chi connectivity index (χ3v) is 4.44. The molecule has 1 heterocycles. The number of nitrogens with two attached hydrogens (primary N) is 1. The molecule has 0 aliphatic heterocycles. The van der Waals surface area contributed by atoms with Gasteiger partial charge in [0.25, 0.3) is 0 Å². The minimum Gasteiger partial charge on any atom is -0.440 e. The van der Waals surface area contributed by atoms with Crippen LogP contribution in [0.2, 0.25) is 0 Å². The Morgan fingerprint density at radius 2 is 2.14 bits per heavy atom. The van der Waals surface area contributed by atoms with E-state index >= 15 is 0 Å². The number of hydrogen-bond donors (Lipinski definition) is 2. The molecule has 2 aliphatic carbocycles. The second kappa shape index (κ2) is 4.84. The van der Waals surface area contributed by atoms with Crippen molar-refractivity contribution < 1.29 is 9.21 Å². The number of aromatic nitrogens is 1. The van der Waals surface area contributed by atoms with Crippen LogP contribution in [0.15, 0.2) is 22.6 Å². The number of amides is 1. The monoisotopic (exact) mass is 285 g/mol. The van der Waals surface area contributed by atoms with E-state index in [1.165, 1.54) is 12.8 Å². The topological polar surface area (TPSA) is 81.2 Å². The quantitative estimate of drug-likeness (QED) is 0.908. The highest BCUT2D eigenvalue weighted by molar-refractivity contribution is 5.94. The molecule has 0 radical (unpaired) electrons. The molecule has 0 bridgehead atoms. The molecule has 2 unspecified atom stereocenters. The van der Waals surface area contributed by atoms with Crippen LogP contribution in [0, 0.1) is 5.92 Å². The van der Waals surface area contributed by atoms with E-state index in [0.717, 1.165) is 41.9 Å². The summed E-state index contributed by atoms with van der Waals surface area (Å²) in [7, 11) is 0. The Bertz CT molecular complexity index is 690. The lowest BCUT2D eigenvalue weighted by atomic mass is 10.1. The van der Waals surface area contributed by atoms with Crippen LogP contribution in [0.3, 0.4) is 0 Å². The summed E-state index contributed by atoms with van der Waals surface area (Å²) in [4.78, 5) is 16.7. The van der Waals surface area contributed by atoms with E-state index in [9.17, 15) is 4.79 Å². The van der Waals surface area contributed by atoms with Gasteiger partial charge in [-0.15, -0.1) is 0 Å². The van der Waals surface area contributed by atoms with E-state index in [1.54, 1.807) is 0 Å². The van der Waals surface area contributed by atoms with Gasteiger partial charge in [-0.2, -0.15) is 0 Å². The van der Waals surface area contributed by atoms with Gasteiger partial charge in [-0.3, -0.25) is 4.79 Å². The number of anilines is 1. The van der Waals surface area contributed by atoms with Gasteiger partial charge >= 0.3 is 0 Å². The zero-order chi connectivity index (χ0) is 14.4. The molecule has 2 aliphatic rings. The predicted molar refractivity (Wildman–Crippen MR) is 79.9 cm³/mol. The summed E-state index contributed by atoms with van der Waals surface area (Å²) >= 11 is 0. The summed E-state index contributed by atoms with van der Waals surface area (Å²) in [5, 5.41) is 2.97. The molecule has 1 aromatic heterocycles. The maximum Gasteiger partial charge on any atom is 0.227 e. The van der Waals surface area contributed by atoms with Crippen molar-refractivity contribution in [3.05, 3.63) is 24.1 Å². The van der Waals surface area contributed by atoms with Gasteiger partial charge in [0.1, 0.15) is 5.52 Å². The molecule has 0 spiro atoms. The zero-order valence-corrected chi connectivity index (χ0v) is 11.8. The lowest BCUT2D eigenvalue weighted by Gasteiger charge is -2.10. The summed E-state index contributed by atoms with van der Waals surface area (Å²) in [5.41, 5.74) is 8.25. The molecule has 2 saturated carbocycles. The van der Waals surface area contributed by atoms with Gasteiger partial charge in [0.15, 0.2) is 11.5 Å². The van der Waals surface area contributed by atoms with Crippen LogP contribution >= 0.6 is 0 Å². The Morgan fingerprint density at radius 3 is 2.86 bits per heavy atom. The van der Waals surface area contributed by atoms with Crippen LogP contribution in [0.5, 0.6) is 0 Å². The maximum absolute atomic E-state index is 12.2. The largest absolute Gasteiger partial charge is 0.440 e. The number of nitrogens with one attached hydrogen (secondary N) is 1.